The van der Waals surface area contributed by atoms with Crippen molar-refractivity contribution in [2.45, 2.75) is 75.9 Å². The quantitative estimate of drug-likeness (QED) is 0.132. The number of likely N-dealkylation sites (tertiary alicyclic amines) is 2. The van der Waals surface area contributed by atoms with Gasteiger partial charge in [0.2, 0.25) is 11.8 Å². The van der Waals surface area contributed by atoms with Crippen molar-refractivity contribution in [3.8, 4) is 22.5 Å². The average Bonchev–Trinajstić information content (AvgIpc) is 4.09. The minimum Gasteiger partial charge on any atom is -0.453 e. The molecule has 2 fully saturated rings. The molecule has 5 heterocycles. The Morgan fingerprint density at radius 2 is 1.29 bits per heavy atom. The summed E-state index contributed by atoms with van der Waals surface area (Å²) in [4.78, 5) is 76.3. The van der Waals surface area contributed by atoms with Crippen LogP contribution in [0.25, 0.3) is 44.5 Å². The predicted octanol–water partition coefficient (Wildman–Crippen LogP) is 5.01. The maximum Gasteiger partial charge on any atom is 0.407 e. The fourth-order valence-corrected chi connectivity index (χ4v) is 7.84. The van der Waals surface area contributed by atoms with Gasteiger partial charge in [-0.3, -0.25) is 9.59 Å². The molecule has 17 nitrogen and oxygen atoms in total. The number of carbonyl (C=O) groups is 4. The van der Waals surface area contributed by atoms with Crippen LogP contribution in [0.5, 0.6) is 0 Å². The monoisotopic (exact) mass is 795 g/mol. The number of hydrogen-bond donors (Lipinski definition) is 4. The number of carbonyl (C=O) groups excluding carboxylic acids is 4. The van der Waals surface area contributed by atoms with Crippen LogP contribution in [0.15, 0.2) is 54.7 Å². The van der Waals surface area contributed by atoms with Crippen LogP contribution in [0.1, 0.15) is 63.3 Å². The molecule has 2 aliphatic rings. The van der Waals surface area contributed by atoms with E-state index in [4.69, 9.17) is 28.9 Å². The largest absolute Gasteiger partial charge is 0.453 e. The standard InChI is InChI=1S/C41H49N9O8/c1-22(55-3)34(47-40(53)57-5)38(51)49-17-7-9-32(49)36-42-21-31(46-36)25-12-15-27-24(19-25)11-14-28(43-27)26-13-16-29-30(20-26)45-37(44-29)33-10-8-18-50(33)39(52)35(23(2)56-4)48-41(54)58-6/h11-16,19-23,32-35H,7-10,17-18H2,1-6H3,(H,42,46)(H,44,45)(H,47,53)(H,48,54)/t22-,23-,32+,33+,34+,35+/m1/s1. The summed E-state index contributed by atoms with van der Waals surface area (Å²) in [6.45, 7) is 4.51. The molecule has 2 saturated heterocycles. The summed E-state index contributed by atoms with van der Waals surface area (Å²) in [6.07, 6.45) is 2.27. The number of aromatic nitrogens is 5. The number of imidazole rings is 2. The molecule has 6 atom stereocenters. The minimum absolute atomic E-state index is 0.259. The molecule has 2 aliphatic heterocycles. The molecular formula is C41H49N9O8. The lowest BCUT2D eigenvalue weighted by Crippen LogP contribution is -2.54. The van der Waals surface area contributed by atoms with Gasteiger partial charge in [0.25, 0.3) is 0 Å². The number of pyridine rings is 1. The van der Waals surface area contributed by atoms with Crippen LogP contribution in [0.2, 0.25) is 0 Å². The molecule has 2 aromatic carbocycles. The number of ether oxygens (including phenoxy) is 4. The molecule has 4 N–H and O–H groups in total. The van der Waals surface area contributed by atoms with E-state index in [1.807, 2.05) is 42.5 Å². The van der Waals surface area contributed by atoms with E-state index in [0.717, 1.165) is 70.1 Å². The van der Waals surface area contributed by atoms with E-state index in [1.165, 1.54) is 28.4 Å². The molecule has 0 aliphatic carbocycles. The first-order chi connectivity index (χ1) is 28.0. The molecular weight excluding hydrogens is 747 g/mol. The summed E-state index contributed by atoms with van der Waals surface area (Å²) >= 11 is 0. The van der Waals surface area contributed by atoms with Gasteiger partial charge in [-0.1, -0.05) is 18.2 Å². The van der Waals surface area contributed by atoms with E-state index in [1.54, 1.807) is 29.8 Å². The third kappa shape index (κ3) is 8.04. The van der Waals surface area contributed by atoms with Gasteiger partial charge in [-0.05, 0) is 69.9 Å². The zero-order valence-electron chi connectivity index (χ0n) is 33.4. The van der Waals surface area contributed by atoms with E-state index in [2.05, 4.69) is 31.7 Å². The SMILES string of the molecule is COC(=O)N[C@H](C(=O)N1CCC[C@H]1c1ncc(-c2ccc3nc(-c4ccc5nc([C@@H]6CCCN6C(=O)[C@@H](NC(=O)OC)[C@@H](C)OC)[nH]c5c4)ccc3c2)[nH]1)[C@@H](C)OC. The second kappa shape index (κ2) is 17.2. The molecule has 0 radical (unpaired) electrons. The number of alkyl carbamates (subject to hydrolysis) is 2. The maximum absolute atomic E-state index is 13.7. The van der Waals surface area contributed by atoms with Crippen molar-refractivity contribution in [3.05, 3.63) is 66.4 Å². The third-order valence-corrected chi connectivity index (χ3v) is 11.2. The van der Waals surface area contributed by atoms with Crippen LogP contribution >= 0.6 is 0 Å². The van der Waals surface area contributed by atoms with Crippen molar-refractivity contribution >= 4 is 45.9 Å². The first-order valence-corrected chi connectivity index (χ1v) is 19.3. The highest BCUT2D eigenvalue weighted by Crippen LogP contribution is 2.35. The first kappa shape index (κ1) is 40.1. The van der Waals surface area contributed by atoms with Gasteiger partial charge in [-0.2, -0.15) is 0 Å². The van der Waals surface area contributed by atoms with Crippen molar-refractivity contribution in [1.82, 2.24) is 45.4 Å². The van der Waals surface area contributed by atoms with Crippen molar-refractivity contribution < 1.29 is 38.1 Å². The summed E-state index contributed by atoms with van der Waals surface area (Å²) < 4.78 is 20.3. The van der Waals surface area contributed by atoms with Gasteiger partial charge in [0.05, 0.1) is 72.6 Å². The number of amides is 4. The number of rotatable bonds is 12. The molecule has 306 valence electrons. The van der Waals surface area contributed by atoms with Crippen LogP contribution in [-0.2, 0) is 28.5 Å². The highest BCUT2D eigenvalue weighted by molar-refractivity contribution is 5.89. The number of hydrogen-bond acceptors (Lipinski definition) is 11. The second-order valence-corrected chi connectivity index (χ2v) is 14.6. The number of nitrogens with one attached hydrogen (secondary N) is 4. The lowest BCUT2D eigenvalue weighted by molar-refractivity contribution is -0.138. The average molecular weight is 796 g/mol. The molecule has 0 spiro atoms. The van der Waals surface area contributed by atoms with Gasteiger partial charge in [0.15, 0.2) is 0 Å². The lowest BCUT2D eigenvalue weighted by atomic mass is 10.1. The van der Waals surface area contributed by atoms with E-state index in [9.17, 15) is 19.2 Å². The molecule has 4 amide bonds. The Kier molecular flexibility index (Phi) is 11.9. The Labute approximate surface area is 335 Å². The summed E-state index contributed by atoms with van der Waals surface area (Å²) in [6, 6.07) is 13.6. The fourth-order valence-electron chi connectivity index (χ4n) is 7.84. The summed E-state index contributed by atoms with van der Waals surface area (Å²) in [5.41, 5.74) is 5.83. The molecule has 7 rings (SSSR count). The Bertz CT molecular complexity index is 2310. The zero-order valence-corrected chi connectivity index (χ0v) is 33.4. The van der Waals surface area contributed by atoms with E-state index in [0.29, 0.717) is 24.7 Å². The number of benzene rings is 2. The Morgan fingerprint density at radius 1 is 0.707 bits per heavy atom. The number of H-pyrrole nitrogens is 2. The first-order valence-electron chi connectivity index (χ1n) is 19.3. The number of methoxy groups -OCH3 is 4. The molecule has 0 saturated carbocycles. The molecule has 58 heavy (non-hydrogen) atoms. The van der Waals surface area contributed by atoms with Crippen molar-refractivity contribution in [3.63, 3.8) is 0 Å². The van der Waals surface area contributed by atoms with Gasteiger partial charge in [-0.15, -0.1) is 0 Å². The van der Waals surface area contributed by atoms with E-state index < -0.39 is 36.5 Å². The van der Waals surface area contributed by atoms with Crippen molar-refractivity contribution in [2.24, 2.45) is 0 Å². The molecule has 5 aromatic rings. The molecule has 0 bridgehead atoms. The summed E-state index contributed by atoms with van der Waals surface area (Å²) in [5, 5.41) is 6.19. The van der Waals surface area contributed by atoms with Gasteiger partial charge < -0.3 is 49.3 Å². The van der Waals surface area contributed by atoms with Crippen LogP contribution in [0, 0.1) is 0 Å². The highest BCUT2D eigenvalue weighted by Gasteiger charge is 2.40. The lowest BCUT2D eigenvalue weighted by Gasteiger charge is -2.30. The number of nitrogens with zero attached hydrogens (tertiary/aromatic N) is 5. The van der Waals surface area contributed by atoms with Crippen LogP contribution in [0.3, 0.4) is 0 Å². The fraction of sp³-hybridized carbons (Fsp3) is 0.439. The minimum atomic E-state index is -0.913. The molecule has 3 aromatic heterocycles. The van der Waals surface area contributed by atoms with Crippen molar-refractivity contribution in [1.29, 1.82) is 0 Å². The Hall–Kier alpha value is -6.07. The molecule has 0 unspecified atom stereocenters. The van der Waals surface area contributed by atoms with Gasteiger partial charge >= 0.3 is 12.2 Å². The van der Waals surface area contributed by atoms with E-state index >= 15 is 0 Å². The summed E-state index contributed by atoms with van der Waals surface area (Å²) in [7, 11) is 5.50. The van der Waals surface area contributed by atoms with Crippen molar-refractivity contribution in [2.75, 3.05) is 41.5 Å². The smallest absolute Gasteiger partial charge is 0.407 e. The second-order valence-electron chi connectivity index (χ2n) is 14.6. The third-order valence-electron chi connectivity index (χ3n) is 11.2. The van der Waals surface area contributed by atoms with Gasteiger partial charge in [0.1, 0.15) is 23.7 Å². The van der Waals surface area contributed by atoms with Gasteiger partial charge in [0, 0.05) is 43.8 Å². The number of aromatic amines is 2. The van der Waals surface area contributed by atoms with Crippen LogP contribution in [0.4, 0.5) is 9.59 Å². The normalized spacial score (nSPS) is 18.9. The highest BCUT2D eigenvalue weighted by atomic mass is 16.5. The summed E-state index contributed by atoms with van der Waals surface area (Å²) in [5.74, 6) is 0.824. The molecule has 17 heteroatoms. The zero-order chi connectivity index (χ0) is 41.1. The topological polar surface area (TPSA) is 206 Å². The predicted molar refractivity (Wildman–Crippen MR) is 213 cm³/mol. The Morgan fingerprint density at radius 3 is 1.90 bits per heavy atom. The maximum atomic E-state index is 13.7. The number of fused-ring (bicyclic) bond motifs is 2. The van der Waals surface area contributed by atoms with Crippen LogP contribution < -0.4 is 10.6 Å². The van der Waals surface area contributed by atoms with Crippen LogP contribution in [-0.4, -0.2) is 125 Å². The Balaban J connectivity index is 1.07. The van der Waals surface area contributed by atoms with E-state index in [-0.39, 0.29) is 23.9 Å². The van der Waals surface area contributed by atoms with Gasteiger partial charge in [-0.25, -0.2) is 24.5 Å².